The predicted octanol–water partition coefficient (Wildman–Crippen LogP) is 4.24. The van der Waals surface area contributed by atoms with Crippen molar-refractivity contribution in [1.29, 1.82) is 0 Å². The van der Waals surface area contributed by atoms with Gasteiger partial charge in [0.2, 0.25) is 0 Å². The summed E-state index contributed by atoms with van der Waals surface area (Å²) in [6, 6.07) is 7.71. The second-order valence-corrected chi connectivity index (χ2v) is 5.57. The molecule has 0 radical (unpaired) electrons. The van der Waals surface area contributed by atoms with E-state index in [2.05, 4.69) is 37.4 Å². The van der Waals surface area contributed by atoms with Crippen LogP contribution >= 0.6 is 0 Å². The van der Waals surface area contributed by atoms with Crippen LogP contribution in [0.25, 0.3) is 0 Å². The monoisotopic (exact) mass is 261 g/mol. The third kappa shape index (κ3) is 3.50. The van der Waals surface area contributed by atoms with E-state index in [0.717, 1.165) is 5.75 Å². The summed E-state index contributed by atoms with van der Waals surface area (Å²) in [7, 11) is 1.75. The van der Waals surface area contributed by atoms with Crippen molar-refractivity contribution in [2.45, 2.75) is 64.5 Å². The number of methoxy groups -OCH3 is 1. The topological polar surface area (TPSA) is 21.3 Å². The summed E-state index contributed by atoms with van der Waals surface area (Å²) in [5.74, 6) is 0.982. The number of nitrogens with one attached hydrogen (secondary N) is 1. The molecule has 0 heterocycles. The number of ether oxygens (including phenoxy) is 1. The minimum absolute atomic E-state index is 0.510. The van der Waals surface area contributed by atoms with Crippen LogP contribution < -0.4 is 10.1 Å². The van der Waals surface area contributed by atoms with Crippen LogP contribution in [-0.4, -0.2) is 13.2 Å². The van der Waals surface area contributed by atoms with Crippen LogP contribution in [0.1, 0.15) is 63.1 Å². The van der Waals surface area contributed by atoms with E-state index >= 15 is 0 Å². The van der Waals surface area contributed by atoms with Gasteiger partial charge in [0, 0.05) is 12.1 Å². The van der Waals surface area contributed by atoms with E-state index in [-0.39, 0.29) is 0 Å². The summed E-state index contributed by atoms with van der Waals surface area (Å²) in [6.07, 6.45) is 7.49. The van der Waals surface area contributed by atoms with E-state index in [0.29, 0.717) is 12.1 Å². The molecule has 2 atom stereocenters. The fourth-order valence-corrected chi connectivity index (χ4v) is 3.12. The van der Waals surface area contributed by atoms with E-state index in [9.17, 15) is 0 Å². The summed E-state index contributed by atoms with van der Waals surface area (Å²) in [4.78, 5) is 0. The normalized spacial score (nSPS) is 19.8. The first kappa shape index (κ1) is 14.4. The number of hydrogen-bond donors (Lipinski definition) is 1. The third-order valence-electron chi connectivity index (χ3n) is 4.23. The number of aryl methyl sites for hydroxylation is 1. The predicted molar refractivity (Wildman–Crippen MR) is 80.8 cm³/mol. The van der Waals surface area contributed by atoms with Gasteiger partial charge >= 0.3 is 0 Å². The van der Waals surface area contributed by atoms with Gasteiger partial charge < -0.3 is 10.1 Å². The Labute approximate surface area is 117 Å². The van der Waals surface area contributed by atoms with Gasteiger partial charge in [0.05, 0.1) is 7.11 Å². The average Bonchev–Trinajstić information content (AvgIpc) is 2.46. The van der Waals surface area contributed by atoms with Crippen molar-refractivity contribution < 1.29 is 4.74 Å². The summed E-state index contributed by atoms with van der Waals surface area (Å²) < 4.78 is 5.38. The Morgan fingerprint density at radius 1 is 1.37 bits per heavy atom. The molecular weight excluding hydrogens is 234 g/mol. The molecule has 0 saturated heterocycles. The zero-order valence-corrected chi connectivity index (χ0v) is 12.5. The Balaban J connectivity index is 2.15. The van der Waals surface area contributed by atoms with Crippen molar-refractivity contribution in [3.63, 3.8) is 0 Å². The molecule has 106 valence electrons. The highest BCUT2D eigenvalue weighted by atomic mass is 16.5. The van der Waals surface area contributed by atoms with Crippen molar-refractivity contribution in [1.82, 2.24) is 5.32 Å². The van der Waals surface area contributed by atoms with Crippen molar-refractivity contribution in [2.75, 3.05) is 7.11 Å². The largest absolute Gasteiger partial charge is 0.497 e. The zero-order valence-electron chi connectivity index (χ0n) is 12.5. The molecule has 2 rings (SSSR count). The lowest BCUT2D eigenvalue weighted by molar-refractivity contribution is 0.366. The lowest BCUT2D eigenvalue weighted by atomic mass is 9.86. The van der Waals surface area contributed by atoms with Crippen LogP contribution in [-0.2, 0) is 6.42 Å². The van der Waals surface area contributed by atoms with Crippen LogP contribution in [0.15, 0.2) is 18.2 Å². The Morgan fingerprint density at radius 2 is 2.21 bits per heavy atom. The molecule has 0 bridgehead atoms. The van der Waals surface area contributed by atoms with Gasteiger partial charge in [0.25, 0.3) is 0 Å². The summed E-state index contributed by atoms with van der Waals surface area (Å²) >= 11 is 0. The van der Waals surface area contributed by atoms with Gasteiger partial charge in [-0.15, -0.1) is 0 Å². The molecule has 19 heavy (non-hydrogen) atoms. The number of benzene rings is 1. The molecule has 1 N–H and O–H groups in total. The zero-order chi connectivity index (χ0) is 13.7. The van der Waals surface area contributed by atoms with Gasteiger partial charge in [-0.05, 0) is 55.4 Å². The minimum atomic E-state index is 0.510. The molecule has 1 aliphatic carbocycles. The van der Waals surface area contributed by atoms with Gasteiger partial charge in [0.15, 0.2) is 0 Å². The highest BCUT2D eigenvalue weighted by molar-refractivity contribution is 5.39. The molecular formula is C17H27NO. The Kier molecular flexibility index (Phi) is 5.26. The Morgan fingerprint density at radius 3 is 2.89 bits per heavy atom. The number of hydrogen-bond acceptors (Lipinski definition) is 2. The quantitative estimate of drug-likeness (QED) is 0.827. The van der Waals surface area contributed by atoms with Gasteiger partial charge in [-0.1, -0.05) is 26.3 Å². The molecule has 0 amide bonds. The molecule has 1 aromatic carbocycles. The SMILES string of the molecule is CCCC(CC)NC1CCCc2ccc(OC)cc21. The fraction of sp³-hybridized carbons (Fsp3) is 0.647. The Bertz CT molecular complexity index is 402. The lowest BCUT2D eigenvalue weighted by Crippen LogP contribution is -2.34. The molecule has 0 saturated carbocycles. The second-order valence-electron chi connectivity index (χ2n) is 5.57. The number of rotatable bonds is 6. The molecule has 1 aromatic rings. The first-order chi connectivity index (χ1) is 9.28. The fourth-order valence-electron chi connectivity index (χ4n) is 3.12. The standard InChI is InChI=1S/C17H27NO/c1-4-7-14(5-2)18-17-9-6-8-13-10-11-15(19-3)12-16(13)17/h10-12,14,17-18H,4-9H2,1-3H3. The van der Waals surface area contributed by atoms with Crippen molar-refractivity contribution in [3.8, 4) is 5.75 Å². The summed E-state index contributed by atoms with van der Waals surface area (Å²) in [6.45, 7) is 4.55. The summed E-state index contributed by atoms with van der Waals surface area (Å²) in [5, 5.41) is 3.86. The van der Waals surface area contributed by atoms with E-state index in [1.807, 2.05) is 0 Å². The van der Waals surface area contributed by atoms with E-state index < -0.39 is 0 Å². The first-order valence-corrected chi connectivity index (χ1v) is 7.71. The van der Waals surface area contributed by atoms with Crippen LogP contribution in [0.2, 0.25) is 0 Å². The maximum atomic E-state index is 5.38. The highest BCUT2D eigenvalue weighted by Gasteiger charge is 2.22. The highest BCUT2D eigenvalue weighted by Crippen LogP contribution is 2.33. The van der Waals surface area contributed by atoms with Crippen molar-refractivity contribution in [3.05, 3.63) is 29.3 Å². The van der Waals surface area contributed by atoms with Crippen molar-refractivity contribution in [2.24, 2.45) is 0 Å². The summed E-state index contributed by atoms with van der Waals surface area (Å²) in [5.41, 5.74) is 2.95. The second kappa shape index (κ2) is 6.95. The molecule has 2 nitrogen and oxygen atoms in total. The van der Waals surface area contributed by atoms with Gasteiger partial charge in [-0.2, -0.15) is 0 Å². The molecule has 2 unspecified atom stereocenters. The van der Waals surface area contributed by atoms with Gasteiger partial charge in [-0.3, -0.25) is 0 Å². The molecule has 0 aromatic heterocycles. The van der Waals surface area contributed by atoms with E-state index in [4.69, 9.17) is 4.74 Å². The number of fused-ring (bicyclic) bond motifs is 1. The van der Waals surface area contributed by atoms with Crippen molar-refractivity contribution >= 4 is 0 Å². The molecule has 0 aliphatic heterocycles. The van der Waals surface area contributed by atoms with E-state index in [1.165, 1.54) is 49.7 Å². The lowest BCUT2D eigenvalue weighted by Gasteiger charge is -2.30. The van der Waals surface area contributed by atoms with Crippen LogP contribution in [0.3, 0.4) is 0 Å². The van der Waals surface area contributed by atoms with Crippen LogP contribution in [0.4, 0.5) is 0 Å². The maximum absolute atomic E-state index is 5.38. The van der Waals surface area contributed by atoms with E-state index in [1.54, 1.807) is 7.11 Å². The van der Waals surface area contributed by atoms with Gasteiger partial charge in [0.1, 0.15) is 5.75 Å². The molecule has 0 spiro atoms. The van der Waals surface area contributed by atoms with Gasteiger partial charge in [-0.25, -0.2) is 0 Å². The maximum Gasteiger partial charge on any atom is 0.119 e. The molecule has 2 heteroatoms. The smallest absolute Gasteiger partial charge is 0.119 e. The average molecular weight is 261 g/mol. The molecule has 1 aliphatic rings. The van der Waals surface area contributed by atoms with Crippen LogP contribution in [0, 0.1) is 0 Å². The third-order valence-corrected chi connectivity index (χ3v) is 4.23. The first-order valence-electron chi connectivity index (χ1n) is 7.71. The Hall–Kier alpha value is -1.02. The van der Waals surface area contributed by atoms with Crippen LogP contribution in [0.5, 0.6) is 5.75 Å². The minimum Gasteiger partial charge on any atom is -0.497 e. The molecule has 0 fully saturated rings.